The third-order valence-electron chi connectivity index (χ3n) is 3.64. The summed E-state index contributed by atoms with van der Waals surface area (Å²) in [6, 6.07) is 1.89. The predicted octanol–water partition coefficient (Wildman–Crippen LogP) is 1.20. The summed E-state index contributed by atoms with van der Waals surface area (Å²) < 4.78 is 0. The number of thiophene rings is 1. The van der Waals surface area contributed by atoms with Crippen LogP contribution < -0.4 is 16.4 Å². The van der Waals surface area contributed by atoms with E-state index >= 15 is 0 Å². The Morgan fingerprint density at radius 3 is 3.10 bits per heavy atom. The molecule has 1 fully saturated rings. The van der Waals surface area contributed by atoms with Crippen LogP contribution in [0.4, 0.5) is 5.69 Å². The molecule has 1 aliphatic rings. The summed E-state index contributed by atoms with van der Waals surface area (Å²) >= 11 is 1.29. The Kier molecular flexibility index (Phi) is 3.50. The van der Waals surface area contributed by atoms with Crippen LogP contribution in [0.1, 0.15) is 28.1 Å². The number of aromatic nitrogens is 1. The molecule has 3 rings (SSSR count). The molecule has 0 bridgehead atoms. The Hall–Kier alpha value is -2.15. The molecule has 0 aliphatic carbocycles. The molecule has 0 aromatic carbocycles. The molecule has 21 heavy (non-hydrogen) atoms. The molecule has 7 heteroatoms. The normalized spacial score (nSPS) is 18.0. The highest BCUT2D eigenvalue weighted by Gasteiger charge is 2.23. The number of rotatable bonds is 3. The van der Waals surface area contributed by atoms with Gasteiger partial charge in [0.1, 0.15) is 9.71 Å². The van der Waals surface area contributed by atoms with Crippen molar-refractivity contribution in [2.24, 2.45) is 0 Å². The van der Waals surface area contributed by atoms with Gasteiger partial charge in [0.2, 0.25) is 5.91 Å². The van der Waals surface area contributed by atoms with E-state index in [1.165, 1.54) is 11.3 Å². The van der Waals surface area contributed by atoms with Crippen LogP contribution in [0.25, 0.3) is 10.2 Å². The first-order chi connectivity index (χ1) is 10.1. The van der Waals surface area contributed by atoms with E-state index in [-0.39, 0.29) is 17.9 Å². The molecule has 0 spiro atoms. The quantitative estimate of drug-likeness (QED) is 0.793. The van der Waals surface area contributed by atoms with Crippen molar-refractivity contribution in [3.63, 3.8) is 0 Å². The summed E-state index contributed by atoms with van der Waals surface area (Å²) in [4.78, 5) is 28.9. The zero-order valence-electron chi connectivity index (χ0n) is 11.6. The fourth-order valence-corrected chi connectivity index (χ4v) is 3.56. The van der Waals surface area contributed by atoms with E-state index in [4.69, 9.17) is 5.73 Å². The van der Waals surface area contributed by atoms with Gasteiger partial charge in [0.25, 0.3) is 5.91 Å². The Bertz CT molecular complexity index is 725. The van der Waals surface area contributed by atoms with Crippen LogP contribution in [0.15, 0.2) is 12.3 Å². The largest absolute Gasteiger partial charge is 0.397 e. The van der Waals surface area contributed by atoms with Crippen molar-refractivity contribution in [3.05, 3.63) is 22.7 Å². The second-order valence-electron chi connectivity index (χ2n) is 5.17. The van der Waals surface area contributed by atoms with Crippen molar-refractivity contribution >= 4 is 39.1 Å². The third-order valence-corrected chi connectivity index (χ3v) is 4.75. The molecule has 0 radical (unpaired) electrons. The number of hydrogen-bond donors (Lipinski definition) is 3. The SMILES string of the molecule is Cc1ccnc2sc(C(=O)NCC3CCC(=O)N3)c(N)c12. The number of aryl methyl sites for hydroxylation is 1. The minimum atomic E-state index is -0.212. The topological polar surface area (TPSA) is 97.1 Å². The zero-order valence-corrected chi connectivity index (χ0v) is 12.4. The molecule has 4 N–H and O–H groups in total. The van der Waals surface area contributed by atoms with Crippen molar-refractivity contribution in [2.45, 2.75) is 25.8 Å². The van der Waals surface area contributed by atoms with Gasteiger partial charge in [-0.05, 0) is 25.0 Å². The second-order valence-corrected chi connectivity index (χ2v) is 6.17. The number of amides is 2. The molecule has 3 heterocycles. The van der Waals surface area contributed by atoms with Gasteiger partial charge in [-0.15, -0.1) is 11.3 Å². The van der Waals surface area contributed by atoms with Crippen molar-refractivity contribution < 1.29 is 9.59 Å². The number of nitrogens with zero attached hydrogens (tertiary/aromatic N) is 1. The lowest BCUT2D eigenvalue weighted by Crippen LogP contribution is -2.38. The number of fused-ring (bicyclic) bond motifs is 1. The molecule has 1 aliphatic heterocycles. The first-order valence-corrected chi connectivity index (χ1v) is 7.59. The van der Waals surface area contributed by atoms with E-state index in [1.54, 1.807) is 6.20 Å². The van der Waals surface area contributed by atoms with Crippen molar-refractivity contribution in [3.8, 4) is 0 Å². The lowest BCUT2D eigenvalue weighted by atomic mass is 10.1. The first kappa shape index (κ1) is 13.8. The summed E-state index contributed by atoms with van der Waals surface area (Å²) in [5, 5.41) is 6.50. The standard InChI is InChI=1S/C14H16N4O2S/c1-7-4-5-16-14-10(7)11(15)12(21-14)13(20)17-6-8-2-3-9(19)18-8/h4-5,8H,2-3,6,15H2,1H3,(H,17,20)(H,18,19). The Morgan fingerprint density at radius 2 is 2.43 bits per heavy atom. The lowest BCUT2D eigenvalue weighted by Gasteiger charge is -2.10. The van der Waals surface area contributed by atoms with Crippen LogP contribution in [-0.2, 0) is 4.79 Å². The smallest absolute Gasteiger partial charge is 0.263 e. The van der Waals surface area contributed by atoms with Gasteiger partial charge >= 0.3 is 0 Å². The van der Waals surface area contributed by atoms with Crippen LogP contribution in [0, 0.1) is 6.92 Å². The van der Waals surface area contributed by atoms with Gasteiger partial charge in [0.15, 0.2) is 0 Å². The van der Waals surface area contributed by atoms with E-state index in [2.05, 4.69) is 15.6 Å². The Morgan fingerprint density at radius 1 is 1.62 bits per heavy atom. The molecule has 2 aromatic heterocycles. The van der Waals surface area contributed by atoms with Crippen molar-refractivity contribution in [1.29, 1.82) is 0 Å². The van der Waals surface area contributed by atoms with E-state index in [1.807, 2.05) is 13.0 Å². The highest BCUT2D eigenvalue weighted by Crippen LogP contribution is 2.34. The van der Waals surface area contributed by atoms with Crippen LogP contribution in [0.5, 0.6) is 0 Å². The number of nitrogen functional groups attached to an aromatic ring is 1. The number of nitrogens with two attached hydrogens (primary N) is 1. The van der Waals surface area contributed by atoms with E-state index in [0.717, 1.165) is 22.2 Å². The molecular weight excluding hydrogens is 288 g/mol. The molecule has 1 unspecified atom stereocenters. The van der Waals surface area contributed by atoms with Crippen molar-refractivity contribution in [2.75, 3.05) is 12.3 Å². The number of anilines is 1. The maximum Gasteiger partial charge on any atom is 0.263 e. The van der Waals surface area contributed by atoms with E-state index in [0.29, 0.717) is 23.5 Å². The van der Waals surface area contributed by atoms with Gasteiger partial charge < -0.3 is 16.4 Å². The summed E-state index contributed by atoms with van der Waals surface area (Å²) in [5.74, 6) is -0.175. The van der Waals surface area contributed by atoms with Gasteiger partial charge in [-0.1, -0.05) is 0 Å². The molecule has 0 saturated carbocycles. The minimum Gasteiger partial charge on any atom is -0.397 e. The average Bonchev–Trinajstić information content (AvgIpc) is 3.01. The summed E-state index contributed by atoms with van der Waals surface area (Å²) in [6.45, 7) is 2.37. The summed E-state index contributed by atoms with van der Waals surface area (Å²) in [6.07, 6.45) is 2.99. The van der Waals surface area contributed by atoms with Gasteiger partial charge in [-0.2, -0.15) is 0 Å². The molecule has 1 saturated heterocycles. The van der Waals surface area contributed by atoms with Crippen LogP contribution in [0.3, 0.4) is 0 Å². The lowest BCUT2D eigenvalue weighted by molar-refractivity contribution is -0.119. The van der Waals surface area contributed by atoms with Crippen LogP contribution in [0.2, 0.25) is 0 Å². The number of carbonyl (C=O) groups excluding carboxylic acids is 2. The molecule has 110 valence electrons. The number of nitrogens with one attached hydrogen (secondary N) is 2. The summed E-state index contributed by atoms with van der Waals surface area (Å²) in [7, 11) is 0. The minimum absolute atomic E-state index is 0.0110. The average molecular weight is 304 g/mol. The molecular formula is C14H16N4O2S. The predicted molar refractivity (Wildman–Crippen MR) is 82.3 cm³/mol. The number of hydrogen-bond acceptors (Lipinski definition) is 5. The number of pyridine rings is 1. The first-order valence-electron chi connectivity index (χ1n) is 6.77. The molecule has 1 atom stereocenters. The fraction of sp³-hybridized carbons (Fsp3) is 0.357. The van der Waals surface area contributed by atoms with E-state index in [9.17, 15) is 9.59 Å². The maximum absolute atomic E-state index is 12.3. The van der Waals surface area contributed by atoms with Crippen LogP contribution >= 0.6 is 11.3 Å². The molecule has 6 nitrogen and oxygen atoms in total. The Balaban J connectivity index is 1.77. The molecule has 2 aromatic rings. The van der Waals surface area contributed by atoms with Gasteiger partial charge in [-0.3, -0.25) is 9.59 Å². The van der Waals surface area contributed by atoms with Crippen molar-refractivity contribution in [1.82, 2.24) is 15.6 Å². The highest BCUT2D eigenvalue weighted by molar-refractivity contribution is 7.21. The monoisotopic (exact) mass is 304 g/mol. The second kappa shape index (κ2) is 5.33. The molecule has 2 amide bonds. The van der Waals surface area contributed by atoms with Gasteiger partial charge in [0.05, 0.1) is 5.69 Å². The zero-order chi connectivity index (χ0) is 15.0. The van der Waals surface area contributed by atoms with Gasteiger partial charge in [0, 0.05) is 30.6 Å². The number of carbonyl (C=O) groups is 2. The maximum atomic E-state index is 12.3. The summed E-state index contributed by atoms with van der Waals surface area (Å²) in [5.41, 5.74) is 7.58. The highest BCUT2D eigenvalue weighted by atomic mass is 32.1. The third kappa shape index (κ3) is 2.56. The fourth-order valence-electron chi connectivity index (χ4n) is 2.50. The Labute approximate surface area is 125 Å². The van der Waals surface area contributed by atoms with Crippen LogP contribution in [-0.4, -0.2) is 29.4 Å². The van der Waals surface area contributed by atoms with E-state index < -0.39 is 0 Å². The van der Waals surface area contributed by atoms with Gasteiger partial charge in [-0.25, -0.2) is 4.98 Å².